The Labute approximate surface area is 315 Å². The maximum atomic E-state index is 13.2. The van der Waals surface area contributed by atoms with E-state index < -0.39 is 0 Å². The van der Waals surface area contributed by atoms with Crippen LogP contribution in [0.1, 0.15) is 135 Å². The van der Waals surface area contributed by atoms with Gasteiger partial charge in [-0.25, -0.2) is 0 Å². The molecule has 3 aromatic rings. The van der Waals surface area contributed by atoms with Gasteiger partial charge in [0.2, 0.25) is 0 Å². The number of carbonyl (C=O) groups is 2. The molecule has 0 bridgehead atoms. The van der Waals surface area contributed by atoms with Crippen LogP contribution in [0.3, 0.4) is 0 Å². The van der Waals surface area contributed by atoms with E-state index in [1.807, 2.05) is 31.2 Å². The highest BCUT2D eigenvalue weighted by Crippen LogP contribution is 2.38. The van der Waals surface area contributed by atoms with E-state index >= 15 is 0 Å². The number of hydrogen-bond acceptors (Lipinski definition) is 7. The van der Waals surface area contributed by atoms with Crippen LogP contribution in [0.5, 0.6) is 17.2 Å². The second-order valence-electron chi connectivity index (χ2n) is 14.9. The Hall–Kier alpha value is -3.71. The molecule has 0 saturated heterocycles. The summed E-state index contributed by atoms with van der Waals surface area (Å²) in [6.07, 6.45) is 17.8. The quantitative estimate of drug-likeness (QED) is 0.0597. The van der Waals surface area contributed by atoms with Crippen molar-refractivity contribution in [2.75, 3.05) is 0 Å². The van der Waals surface area contributed by atoms with Gasteiger partial charge in [-0.3, -0.25) is 9.59 Å². The van der Waals surface area contributed by atoms with Crippen molar-refractivity contribution in [2.24, 2.45) is 33.9 Å². The largest absolute Gasteiger partial charge is 0.484 e. The molecule has 0 aromatic heterocycles. The third kappa shape index (κ3) is 12.2. The fourth-order valence-corrected chi connectivity index (χ4v) is 7.68. The molecule has 0 heterocycles. The number of carbonyl (C=O) groups excluding carboxylic acids is 2. The number of hydrogen-bond donors (Lipinski definition) is 0. The van der Waals surface area contributed by atoms with E-state index in [9.17, 15) is 9.59 Å². The molecule has 3 aromatic carbocycles. The molecule has 0 unspecified atom stereocenters. The second kappa shape index (κ2) is 20.5. The van der Waals surface area contributed by atoms with Crippen molar-refractivity contribution in [3.05, 3.63) is 77.3 Å². The molecule has 280 valence electrons. The predicted octanol–water partition coefficient (Wildman–Crippen LogP) is 13.5. The lowest BCUT2D eigenvalue weighted by Crippen LogP contribution is -2.25. The molecule has 0 N–H and O–H groups in total. The maximum absolute atomic E-state index is 13.2. The summed E-state index contributed by atoms with van der Waals surface area (Å²) >= 11 is 6.12. The van der Waals surface area contributed by atoms with Crippen LogP contribution in [-0.4, -0.2) is 11.9 Å². The molecule has 2 aliphatic rings. The molecule has 52 heavy (non-hydrogen) atoms. The van der Waals surface area contributed by atoms with Crippen LogP contribution in [0.4, 0.5) is 11.4 Å². The molecular weight excluding hydrogens is 672 g/mol. The van der Waals surface area contributed by atoms with E-state index in [0.29, 0.717) is 33.6 Å². The zero-order chi connectivity index (χ0) is 36.7. The third-order valence-corrected chi connectivity index (χ3v) is 11.2. The zero-order valence-electron chi connectivity index (χ0n) is 31.4. The van der Waals surface area contributed by atoms with Crippen LogP contribution in [-0.2, 0) is 9.59 Å². The highest BCUT2D eigenvalue weighted by molar-refractivity contribution is 6.30. The number of rotatable bonds is 17. The van der Waals surface area contributed by atoms with E-state index in [4.69, 9.17) is 25.8 Å². The Bertz CT molecular complexity index is 1580. The van der Waals surface area contributed by atoms with Gasteiger partial charge < -0.3 is 14.2 Å². The molecule has 0 amide bonds. The van der Waals surface area contributed by atoms with Gasteiger partial charge in [0.25, 0.3) is 0 Å². The van der Waals surface area contributed by atoms with Gasteiger partial charge in [0.05, 0.1) is 17.5 Å². The summed E-state index contributed by atoms with van der Waals surface area (Å²) in [4.78, 5) is 26.1. The minimum atomic E-state index is -0.328. The Balaban J connectivity index is 1.21. The van der Waals surface area contributed by atoms with Gasteiger partial charge in [-0.1, -0.05) is 88.9 Å². The lowest BCUT2D eigenvalue weighted by Gasteiger charge is -2.27. The standard InChI is InChI=1S/C44H57ClN2O5/c1-4-6-8-10-32-12-16-35(17-13-32)43(48)51-39-26-24-38(25-27-39)46-47-41-29-28-40(30-42(41)50-31(3)34-20-22-37(45)23-21-34)52-44(49)36-18-14-33(15-19-36)11-9-7-5-2/h20-33,35-36H,4-19H2,1-3H3/t31-,32?,33?,35?,36?/m0/s1. The van der Waals surface area contributed by atoms with Gasteiger partial charge >= 0.3 is 11.9 Å². The molecule has 0 aliphatic heterocycles. The van der Waals surface area contributed by atoms with E-state index in [1.54, 1.807) is 42.5 Å². The highest BCUT2D eigenvalue weighted by Gasteiger charge is 2.29. The first-order valence-electron chi connectivity index (χ1n) is 19.8. The summed E-state index contributed by atoms with van der Waals surface area (Å²) < 4.78 is 18.1. The van der Waals surface area contributed by atoms with Gasteiger partial charge in [0.15, 0.2) is 5.75 Å². The summed E-state index contributed by atoms with van der Waals surface area (Å²) in [6, 6.07) is 19.8. The SMILES string of the molecule is CCCCCC1CCC(C(=O)Oc2ccc(N=Nc3ccc(OC(=O)C4CCC(CCCCC)CC4)cc3O[C@@H](C)c3ccc(Cl)cc3)cc2)CC1. The Morgan fingerprint density at radius 1 is 0.673 bits per heavy atom. The summed E-state index contributed by atoms with van der Waals surface area (Å²) in [5.41, 5.74) is 2.04. The van der Waals surface area contributed by atoms with Crippen LogP contribution >= 0.6 is 11.6 Å². The first-order chi connectivity index (χ1) is 25.3. The number of ether oxygens (including phenoxy) is 3. The highest BCUT2D eigenvalue weighted by atomic mass is 35.5. The van der Waals surface area contributed by atoms with Crippen molar-refractivity contribution in [1.29, 1.82) is 0 Å². The first-order valence-corrected chi connectivity index (χ1v) is 20.2. The van der Waals surface area contributed by atoms with Gasteiger partial charge in [0.1, 0.15) is 23.3 Å². The minimum Gasteiger partial charge on any atom is -0.484 e. The van der Waals surface area contributed by atoms with Gasteiger partial charge in [0, 0.05) is 11.1 Å². The fraction of sp³-hybridized carbons (Fsp3) is 0.545. The molecular formula is C44H57ClN2O5. The minimum absolute atomic E-state index is 0.0342. The van der Waals surface area contributed by atoms with Gasteiger partial charge in [-0.2, -0.15) is 5.11 Å². The van der Waals surface area contributed by atoms with Gasteiger partial charge in [-0.15, -0.1) is 5.11 Å². The molecule has 0 radical (unpaired) electrons. The number of nitrogens with zero attached hydrogens (tertiary/aromatic N) is 2. The van der Waals surface area contributed by atoms with Crippen LogP contribution in [0.2, 0.25) is 5.02 Å². The van der Waals surface area contributed by atoms with E-state index in [1.165, 1.54) is 51.4 Å². The molecule has 0 spiro atoms. The number of halogens is 1. The number of unbranched alkanes of at least 4 members (excludes halogenated alkanes) is 4. The molecule has 2 fully saturated rings. The topological polar surface area (TPSA) is 86.5 Å². The molecule has 8 heteroatoms. The Morgan fingerprint density at radius 2 is 1.19 bits per heavy atom. The van der Waals surface area contributed by atoms with E-state index in [-0.39, 0.29) is 29.9 Å². The smallest absolute Gasteiger partial charge is 0.314 e. The maximum Gasteiger partial charge on any atom is 0.314 e. The monoisotopic (exact) mass is 728 g/mol. The summed E-state index contributed by atoms with van der Waals surface area (Å²) in [5, 5.41) is 9.62. The fourth-order valence-electron chi connectivity index (χ4n) is 7.56. The summed E-state index contributed by atoms with van der Waals surface area (Å²) in [7, 11) is 0. The summed E-state index contributed by atoms with van der Waals surface area (Å²) in [6.45, 7) is 6.41. The predicted molar refractivity (Wildman–Crippen MR) is 208 cm³/mol. The van der Waals surface area contributed by atoms with E-state index in [2.05, 4.69) is 24.1 Å². The van der Waals surface area contributed by atoms with Crippen molar-refractivity contribution in [1.82, 2.24) is 0 Å². The van der Waals surface area contributed by atoms with Crippen LogP contribution in [0.15, 0.2) is 77.0 Å². The Morgan fingerprint density at radius 3 is 1.73 bits per heavy atom. The number of azo groups is 1. The molecule has 2 aliphatic carbocycles. The first kappa shape index (κ1) is 39.5. The average molecular weight is 729 g/mol. The Kier molecular flexibility index (Phi) is 15.6. The molecule has 2 saturated carbocycles. The average Bonchev–Trinajstić information content (AvgIpc) is 3.16. The number of esters is 2. The van der Waals surface area contributed by atoms with Crippen molar-refractivity contribution >= 4 is 34.9 Å². The molecule has 1 atom stereocenters. The number of benzene rings is 3. The summed E-state index contributed by atoms with van der Waals surface area (Å²) in [5.74, 6) is 2.38. The lowest BCUT2D eigenvalue weighted by molar-refractivity contribution is -0.141. The van der Waals surface area contributed by atoms with Crippen molar-refractivity contribution in [2.45, 2.75) is 130 Å². The van der Waals surface area contributed by atoms with Crippen molar-refractivity contribution in [3.63, 3.8) is 0 Å². The molecule has 5 rings (SSSR count). The normalized spacial score (nSPS) is 21.1. The third-order valence-electron chi connectivity index (χ3n) is 10.9. The van der Waals surface area contributed by atoms with Gasteiger partial charge in [-0.05, 0) is 124 Å². The van der Waals surface area contributed by atoms with Crippen LogP contribution < -0.4 is 14.2 Å². The lowest BCUT2D eigenvalue weighted by atomic mass is 9.80. The van der Waals surface area contributed by atoms with Crippen LogP contribution in [0, 0.1) is 23.7 Å². The second-order valence-corrected chi connectivity index (χ2v) is 15.3. The van der Waals surface area contributed by atoms with Crippen LogP contribution in [0.25, 0.3) is 0 Å². The zero-order valence-corrected chi connectivity index (χ0v) is 32.1. The van der Waals surface area contributed by atoms with Crippen molar-refractivity contribution in [3.8, 4) is 17.2 Å². The molecule has 7 nitrogen and oxygen atoms in total. The van der Waals surface area contributed by atoms with Crippen molar-refractivity contribution < 1.29 is 23.8 Å². The van der Waals surface area contributed by atoms with E-state index in [0.717, 1.165) is 68.8 Å².